The van der Waals surface area contributed by atoms with Gasteiger partial charge in [0.15, 0.2) is 5.65 Å². The number of amides is 1. The molecule has 2 heterocycles. The number of aromatic nitrogens is 3. The summed E-state index contributed by atoms with van der Waals surface area (Å²) in [5.74, 6) is -0.188. The zero-order valence-corrected chi connectivity index (χ0v) is 17.1. The minimum Gasteiger partial charge on any atom is -0.384 e. The van der Waals surface area contributed by atoms with Gasteiger partial charge in [0, 0.05) is 6.04 Å². The van der Waals surface area contributed by atoms with Crippen LogP contribution < -0.4 is 11.1 Å². The van der Waals surface area contributed by atoms with Gasteiger partial charge in [-0.1, -0.05) is 43.5 Å². The minimum atomic E-state index is -0.299. The molecule has 7 heteroatoms. The Morgan fingerprint density at radius 3 is 2.42 bits per heavy atom. The van der Waals surface area contributed by atoms with Gasteiger partial charge < -0.3 is 15.6 Å². The summed E-state index contributed by atoms with van der Waals surface area (Å²) in [4.78, 5) is 22.8. The molecule has 0 bridgehead atoms. The van der Waals surface area contributed by atoms with Crippen molar-refractivity contribution in [3.05, 3.63) is 65.5 Å². The van der Waals surface area contributed by atoms with E-state index in [-0.39, 0.29) is 17.8 Å². The van der Waals surface area contributed by atoms with Gasteiger partial charge in [-0.25, -0.2) is 14.4 Å². The molecular weight excluding hydrogens is 393 g/mol. The topological polar surface area (TPSA) is 85.8 Å². The summed E-state index contributed by atoms with van der Waals surface area (Å²) in [6.45, 7) is 0.367. The maximum absolute atomic E-state index is 13.4. The molecule has 4 aromatic rings. The zero-order valence-electron chi connectivity index (χ0n) is 17.1. The molecule has 1 amide bonds. The van der Waals surface area contributed by atoms with Crippen molar-refractivity contribution >= 4 is 33.9 Å². The lowest BCUT2D eigenvalue weighted by atomic mass is 9.95. The molecule has 0 aliphatic heterocycles. The van der Waals surface area contributed by atoms with Crippen molar-refractivity contribution in [2.24, 2.45) is 0 Å². The molecule has 0 saturated heterocycles. The number of fused-ring (bicyclic) bond motifs is 2. The summed E-state index contributed by atoms with van der Waals surface area (Å²) >= 11 is 0. The van der Waals surface area contributed by atoms with Crippen LogP contribution in [-0.2, 0) is 6.54 Å². The lowest BCUT2D eigenvalue weighted by molar-refractivity contribution is 0.0930. The first kappa shape index (κ1) is 19.5. The van der Waals surface area contributed by atoms with E-state index in [0.29, 0.717) is 34.6 Å². The highest BCUT2D eigenvalue weighted by Gasteiger charge is 2.26. The lowest BCUT2D eigenvalue weighted by Gasteiger charge is -2.22. The number of hydrogen-bond acceptors (Lipinski definition) is 4. The summed E-state index contributed by atoms with van der Waals surface area (Å²) < 4.78 is 15.1. The second kappa shape index (κ2) is 7.98. The van der Waals surface area contributed by atoms with Crippen molar-refractivity contribution in [2.75, 3.05) is 5.73 Å². The molecule has 0 atom stereocenters. The highest BCUT2D eigenvalue weighted by atomic mass is 19.1. The van der Waals surface area contributed by atoms with Crippen LogP contribution in [0.4, 0.5) is 10.2 Å². The molecule has 2 aromatic carbocycles. The number of carbonyl (C=O) groups is 1. The molecule has 5 rings (SSSR count). The quantitative estimate of drug-likeness (QED) is 0.515. The average Bonchev–Trinajstić information content (AvgIpc) is 3.05. The van der Waals surface area contributed by atoms with Crippen LogP contribution in [0.2, 0.25) is 0 Å². The molecule has 31 heavy (non-hydrogen) atoms. The third-order valence-electron chi connectivity index (χ3n) is 6.01. The number of benzene rings is 2. The summed E-state index contributed by atoms with van der Waals surface area (Å²) in [6, 6.07) is 13.9. The number of nitrogen functional groups attached to an aromatic ring is 1. The molecule has 1 aliphatic rings. The number of nitrogens with zero attached hydrogens (tertiary/aromatic N) is 3. The summed E-state index contributed by atoms with van der Waals surface area (Å²) in [7, 11) is 0. The van der Waals surface area contributed by atoms with Gasteiger partial charge in [0.1, 0.15) is 22.7 Å². The van der Waals surface area contributed by atoms with E-state index in [1.807, 2.05) is 24.3 Å². The summed E-state index contributed by atoms with van der Waals surface area (Å²) in [5.41, 5.74) is 10.2. The van der Waals surface area contributed by atoms with Gasteiger partial charge in [0.05, 0.1) is 17.6 Å². The van der Waals surface area contributed by atoms with Crippen molar-refractivity contribution in [2.45, 2.75) is 44.7 Å². The molecule has 3 N–H and O–H groups in total. The average molecular weight is 417 g/mol. The van der Waals surface area contributed by atoms with Crippen LogP contribution in [0.5, 0.6) is 0 Å². The fourth-order valence-electron chi connectivity index (χ4n) is 4.38. The van der Waals surface area contributed by atoms with Gasteiger partial charge in [-0.3, -0.25) is 4.79 Å². The Morgan fingerprint density at radius 1 is 1.03 bits per heavy atom. The van der Waals surface area contributed by atoms with E-state index in [1.54, 1.807) is 16.7 Å². The third kappa shape index (κ3) is 3.71. The SMILES string of the molecule is Nc1c(C(=O)NC2CCCCC2)c2nc3ccccc3nc2n1Cc1ccc(F)cc1. The van der Waals surface area contributed by atoms with Gasteiger partial charge in [-0.15, -0.1) is 0 Å². The molecule has 158 valence electrons. The van der Waals surface area contributed by atoms with E-state index in [1.165, 1.54) is 18.6 Å². The number of nitrogens with two attached hydrogens (primary N) is 1. The number of carbonyl (C=O) groups excluding carboxylic acids is 1. The van der Waals surface area contributed by atoms with E-state index >= 15 is 0 Å². The number of para-hydroxylation sites is 2. The molecule has 0 unspecified atom stereocenters. The zero-order chi connectivity index (χ0) is 21.4. The lowest BCUT2D eigenvalue weighted by Crippen LogP contribution is -2.36. The normalized spacial score (nSPS) is 14.9. The van der Waals surface area contributed by atoms with Crippen LogP contribution in [0.3, 0.4) is 0 Å². The van der Waals surface area contributed by atoms with E-state index in [9.17, 15) is 9.18 Å². The molecule has 0 radical (unpaired) electrons. The fourth-order valence-corrected chi connectivity index (χ4v) is 4.38. The first-order valence-corrected chi connectivity index (χ1v) is 10.7. The Kier molecular flexibility index (Phi) is 5.02. The smallest absolute Gasteiger partial charge is 0.257 e. The van der Waals surface area contributed by atoms with Crippen molar-refractivity contribution < 1.29 is 9.18 Å². The van der Waals surface area contributed by atoms with E-state index < -0.39 is 0 Å². The van der Waals surface area contributed by atoms with Crippen LogP contribution in [0, 0.1) is 5.82 Å². The maximum Gasteiger partial charge on any atom is 0.257 e. The molecule has 1 fully saturated rings. The molecule has 6 nitrogen and oxygen atoms in total. The predicted octanol–water partition coefficient (Wildman–Crippen LogP) is 4.42. The van der Waals surface area contributed by atoms with Crippen LogP contribution in [0.25, 0.3) is 22.2 Å². The van der Waals surface area contributed by atoms with Crippen molar-refractivity contribution in [1.82, 2.24) is 19.9 Å². The monoisotopic (exact) mass is 417 g/mol. The van der Waals surface area contributed by atoms with Crippen molar-refractivity contribution in [1.29, 1.82) is 0 Å². The molecule has 0 spiro atoms. The Balaban J connectivity index is 1.62. The largest absolute Gasteiger partial charge is 0.384 e. The van der Waals surface area contributed by atoms with Crippen LogP contribution >= 0.6 is 0 Å². The Labute approximate surface area is 179 Å². The Hall–Kier alpha value is -3.48. The van der Waals surface area contributed by atoms with Gasteiger partial charge >= 0.3 is 0 Å². The summed E-state index contributed by atoms with van der Waals surface area (Å²) in [6.07, 6.45) is 5.42. The highest BCUT2D eigenvalue weighted by molar-refractivity contribution is 6.10. The Bertz CT molecular complexity index is 1260. The summed E-state index contributed by atoms with van der Waals surface area (Å²) in [5, 5.41) is 3.15. The maximum atomic E-state index is 13.4. The molecule has 1 aliphatic carbocycles. The number of rotatable bonds is 4. The first-order chi connectivity index (χ1) is 15.1. The molecule has 2 aromatic heterocycles. The van der Waals surface area contributed by atoms with Crippen LogP contribution in [-0.4, -0.2) is 26.5 Å². The number of nitrogens with one attached hydrogen (secondary N) is 1. The number of halogens is 1. The predicted molar refractivity (Wildman–Crippen MR) is 119 cm³/mol. The van der Waals surface area contributed by atoms with Gasteiger partial charge in [-0.05, 0) is 42.7 Å². The molecular formula is C24H24FN5O. The fraction of sp³-hybridized carbons (Fsp3) is 0.292. The van der Waals surface area contributed by atoms with E-state index in [4.69, 9.17) is 15.7 Å². The second-order valence-electron chi connectivity index (χ2n) is 8.17. The van der Waals surface area contributed by atoms with Gasteiger partial charge in [-0.2, -0.15) is 0 Å². The van der Waals surface area contributed by atoms with Gasteiger partial charge in [0.2, 0.25) is 0 Å². The van der Waals surface area contributed by atoms with Gasteiger partial charge in [0.25, 0.3) is 5.91 Å². The van der Waals surface area contributed by atoms with E-state index in [2.05, 4.69) is 5.32 Å². The standard InChI is InChI=1S/C24H24FN5O/c25-16-12-10-15(11-13-16)14-30-22(26)20(24(31)27-17-6-2-1-3-7-17)21-23(30)29-19-9-5-4-8-18(19)28-21/h4-5,8-13,17H,1-3,6-7,14,26H2,(H,27,31). The third-order valence-corrected chi connectivity index (χ3v) is 6.01. The highest BCUT2D eigenvalue weighted by Crippen LogP contribution is 2.29. The van der Waals surface area contributed by atoms with Crippen LogP contribution in [0.15, 0.2) is 48.5 Å². The van der Waals surface area contributed by atoms with Crippen molar-refractivity contribution in [3.63, 3.8) is 0 Å². The van der Waals surface area contributed by atoms with Crippen LogP contribution in [0.1, 0.15) is 48.0 Å². The minimum absolute atomic E-state index is 0.157. The first-order valence-electron chi connectivity index (χ1n) is 10.7. The second-order valence-corrected chi connectivity index (χ2v) is 8.17. The number of hydrogen-bond donors (Lipinski definition) is 2. The Morgan fingerprint density at radius 2 is 1.71 bits per heavy atom. The molecule has 1 saturated carbocycles. The van der Waals surface area contributed by atoms with Crippen molar-refractivity contribution in [3.8, 4) is 0 Å². The number of anilines is 1. The van der Waals surface area contributed by atoms with E-state index in [0.717, 1.165) is 36.8 Å².